The Morgan fingerprint density at radius 3 is 2.53 bits per heavy atom. The Kier molecular flexibility index (Phi) is 8.35. The number of aromatic nitrogens is 3. The van der Waals surface area contributed by atoms with Crippen LogP contribution in [0.15, 0.2) is 58.9 Å². The number of allylic oxidation sites excluding steroid dienone is 1. The smallest absolute Gasteiger partial charge is 0.248 e. The molecular weight excluding hydrogens is 498 g/mol. The van der Waals surface area contributed by atoms with Crippen LogP contribution in [0.3, 0.4) is 0 Å². The summed E-state index contributed by atoms with van der Waals surface area (Å²) in [5, 5.41) is 8.57. The highest BCUT2D eigenvalue weighted by Crippen LogP contribution is 2.39. The van der Waals surface area contributed by atoms with E-state index in [1.165, 1.54) is 5.56 Å². The summed E-state index contributed by atoms with van der Waals surface area (Å²) in [6, 6.07) is 13.6. The summed E-state index contributed by atoms with van der Waals surface area (Å²) in [5.74, 6) is 2.17. The molecule has 1 atom stereocenters. The van der Waals surface area contributed by atoms with Gasteiger partial charge in [-0.05, 0) is 47.6 Å². The molecule has 9 heteroatoms. The molecule has 3 N–H and O–H groups in total. The van der Waals surface area contributed by atoms with Gasteiger partial charge < -0.3 is 20.5 Å². The van der Waals surface area contributed by atoms with Crippen molar-refractivity contribution in [1.29, 1.82) is 0 Å². The third kappa shape index (κ3) is 5.99. The number of hydrogen-bond donors (Lipinski definition) is 2. The van der Waals surface area contributed by atoms with E-state index in [9.17, 15) is 4.79 Å². The van der Waals surface area contributed by atoms with Crippen LogP contribution in [-0.2, 0) is 16.8 Å². The van der Waals surface area contributed by atoms with Crippen molar-refractivity contribution >= 4 is 23.6 Å². The lowest BCUT2D eigenvalue weighted by Crippen LogP contribution is -2.31. The van der Waals surface area contributed by atoms with E-state index in [4.69, 9.17) is 20.3 Å². The highest BCUT2D eigenvalue weighted by Gasteiger charge is 2.34. The Labute approximate surface area is 229 Å². The maximum absolute atomic E-state index is 12.5. The van der Waals surface area contributed by atoms with Crippen LogP contribution in [0.25, 0.3) is 0 Å². The number of nitrogens with two attached hydrogens (primary N) is 1. The van der Waals surface area contributed by atoms with Crippen LogP contribution >= 0.6 is 11.8 Å². The van der Waals surface area contributed by atoms with Crippen LogP contribution < -0.4 is 20.5 Å². The van der Waals surface area contributed by atoms with E-state index in [1.54, 1.807) is 23.6 Å². The van der Waals surface area contributed by atoms with Crippen LogP contribution in [-0.4, -0.2) is 33.5 Å². The first-order valence-electron chi connectivity index (χ1n) is 12.9. The van der Waals surface area contributed by atoms with Gasteiger partial charge in [0.2, 0.25) is 17.0 Å². The van der Waals surface area contributed by atoms with E-state index in [1.807, 2.05) is 25.1 Å². The van der Waals surface area contributed by atoms with Crippen molar-refractivity contribution in [2.45, 2.75) is 70.7 Å². The Bertz CT molecular complexity index is 1320. The molecule has 0 fully saturated rings. The van der Waals surface area contributed by atoms with Gasteiger partial charge in [0, 0.05) is 11.4 Å². The number of nitrogens with one attached hydrogen (secondary N) is 1. The fourth-order valence-corrected chi connectivity index (χ4v) is 5.28. The second-order valence-electron chi connectivity index (χ2n) is 10.4. The van der Waals surface area contributed by atoms with E-state index < -0.39 is 11.9 Å². The van der Waals surface area contributed by atoms with Crippen LogP contribution in [0.1, 0.15) is 70.2 Å². The van der Waals surface area contributed by atoms with E-state index in [-0.39, 0.29) is 5.41 Å². The highest BCUT2D eigenvalue weighted by atomic mass is 32.2. The first kappa shape index (κ1) is 27.6. The lowest BCUT2D eigenvalue weighted by molar-refractivity contribution is -0.115. The van der Waals surface area contributed by atoms with E-state index >= 15 is 0 Å². The van der Waals surface area contributed by atoms with Gasteiger partial charge >= 0.3 is 0 Å². The van der Waals surface area contributed by atoms with E-state index in [0.29, 0.717) is 40.5 Å². The molecule has 2 aromatic carbocycles. The number of rotatable bonds is 10. The lowest BCUT2D eigenvalue weighted by atomic mass is 9.87. The minimum absolute atomic E-state index is 0.0998. The number of hydrogen-bond acceptors (Lipinski definition) is 7. The fraction of sp³-hybridized carbons (Fsp3) is 0.414. The van der Waals surface area contributed by atoms with Crippen molar-refractivity contribution in [3.05, 3.63) is 70.4 Å². The molecule has 4 rings (SSSR count). The third-order valence-corrected chi connectivity index (χ3v) is 7.47. The van der Waals surface area contributed by atoms with E-state index in [0.717, 1.165) is 29.7 Å². The molecule has 8 nitrogen and oxygen atoms in total. The molecule has 0 spiro atoms. The minimum atomic E-state index is -0.537. The van der Waals surface area contributed by atoms with Crippen LogP contribution in [0.4, 0.5) is 5.95 Å². The van der Waals surface area contributed by atoms with Gasteiger partial charge in [0.1, 0.15) is 12.6 Å². The van der Waals surface area contributed by atoms with E-state index in [2.05, 4.69) is 62.3 Å². The molecule has 1 aromatic heterocycles. The standard InChI is InChI=1S/C29H37N5O3S/c1-7-8-15-38-28-32-27-31-18(2)24(26(30)35)25(34(27)33-28)20-11-14-22(23(16-20)36-6)37-17-19-9-12-21(13-10-19)29(3,4)5/h9-14,16,25H,7-8,15,17H2,1-6H3,(H2,30,35)(H,31,32,33). The van der Waals surface area contributed by atoms with Crippen molar-refractivity contribution in [2.75, 3.05) is 18.2 Å². The number of thioether (sulfide) groups is 1. The number of unbranched alkanes of at least 4 members (excludes halogenated alkanes) is 1. The minimum Gasteiger partial charge on any atom is -0.493 e. The molecule has 0 aliphatic carbocycles. The zero-order valence-corrected chi connectivity index (χ0v) is 23.8. The summed E-state index contributed by atoms with van der Waals surface area (Å²) < 4.78 is 13.5. The number of carbonyl (C=O) groups is 1. The monoisotopic (exact) mass is 535 g/mol. The molecule has 1 aliphatic rings. The summed E-state index contributed by atoms with van der Waals surface area (Å²) in [6.07, 6.45) is 2.18. The number of benzene rings is 2. The maximum Gasteiger partial charge on any atom is 0.248 e. The molecule has 1 unspecified atom stereocenters. The number of fused-ring (bicyclic) bond motifs is 1. The average Bonchev–Trinajstić information content (AvgIpc) is 3.28. The molecule has 1 amide bonds. The van der Waals surface area contributed by atoms with Gasteiger partial charge in [0.05, 0.1) is 12.7 Å². The number of amides is 1. The molecule has 0 saturated heterocycles. The van der Waals surface area contributed by atoms with Gasteiger partial charge in [-0.25, -0.2) is 4.68 Å². The van der Waals surface area contributed by atoms with Crippen LogP contribution in [0.5, 0.6) is 11.5 Å². The average molecular weight is 536 g/mol. The first-order chi connectivity index (χ1) is 18.1. The van der Waals surface area contributed by atoms with Crippen LogP contribution in [0.2, 0.25) is 0 Å². The van der Waals surface area contributed by atoms with Gasteiger partial charge in [0.25, 0.3) is 0 Å². The predicted octanol–water partition coefficient (Wildman–Crippen LogP) is 5.83. The van der Waals surface area contributed by atoms with Gasteiger partial charge in [-0.1, -0.05) is 76.2 Å². The highest BCUT2D eigenvalue weighted by molar-refractivity contribution is 7.99. The third-order valence-electron chi connectivity index (χ3n) is 6.55. The SMILES string of the molecule is CCCCSc1nc2n(n1)C(c1ccc(OCc3ccc(C(C)(C)C)cc3)c(OC)c1)C(C(N)=O)=C(C)N2. The van der Waals surface area contributed by atoms with Gasteiger partial charge in [-0.3, -0.25) is 4.79 Å². The second kappa shape index (κ2) is 11.5. The summed E-state index contributed by atoms with van der Waals surface area (Å²) in [5.41, 5.74) is 10.2. The Morgan fingerprint density at radius 1 is 1.16 bits per heavy atom. The topological polar surface area (TPSA) is 104 Å². The predicted molar refractivity (Wildman–Crippen MR) is 152 cm³/mol. The molecule has 3 aromatic rings. The summed E-state index contributed by atoms with van der Waals surface area (Å²) >= 11 is 1.60. The second-order valence-corrected chi connectivity index (χ2v) is 11.5. The Balaban J connectivity index is 1.61. The zero-order valence-electron chi connectivity index (χ0n) is 23.0. The number of anilines is 1. The van der Waals surface area contributed by atoms with Crippen molar-refractivity contribution in [3.8, 4) is 11.5 Å². The number of methoxy groups -OCH3 is 1. The number of ether oxygens (including phenoxy) is 2. The van der Waals surface area contributed by atoms with Gasteiger partial charge in [-0.2, -0.15) is 4.98 Å². The number of carbonyl (C=O) groups excluding carboxylic acids is 1. The molecule has 202 valence electrons. The van der Waals surface area contributed by atoms with Gasteiger partial charge in [-0.15, -0.1) is 5.10 Å². The normalized spacial score (nSPS) is 15.2. The quantitative estimate of drug-likeness (QED) is 0.249. The summed E-state index contributed by atoms with van der Waals surface area (Å²) in [7, 11) is 1.60. The first-order valence-corrected chi connectivity index (χ1v) is 13.9. The van der Waals surface area contributed by atoms with Crippen molar-refractivity contribution in [1.82, 2.24) is 14.8 Å². The molecule has 0 bridgehead atoms. The number of primary amides is 1. The Morgan fingerprint density at radius 2 is 1.89 bits per heavy atom. The largest absolute Gasteiger partial charge is 0.493 e. The molecule has 0 saturated carbocycles. The van der Waals surface area contributed by atoms with Gasteiger partial charge in [0.15, 0.2) is 11.5 Å². The fourth-order valence-electron chi connectivity index (χ4n) is 4.36. The zero-order chi connectivity index (χ0) is 27.4. The van der Waals surface area contributed by atoms with Crippen molar-refractivity contribution in [2.24, 2.45) is 5.73 Å². The van der Waals surface area contributed by atoms with Crippen LogP contribution in [0, 0.1) is 0 Å². The van der Waals surface area contributed by atoms with Crippen molar-refractivity contribution < 1.29 is 14.3 Å². The lowest BCUT2D eigenvalue weighted by Gasteiger charge is -2.28. The molecule has 2 heterocycles. The summed E-state index contributed by atoms with van der Waals surface area (Å²) in [4.78, 5) is 17.2. The Hall–Kier alpha value is -3.46. The molecule has 0 radical (unpaired) electrons. The molecular formula is C29H37N5O3S. The number of nitrogens with zero attached hydrogens (tertiary/aromatic N) is 3. The summed E-state index contributed by atoms with van der Waals surface area (Å²) in [6.45, 7) is 11.0. The maximum atomic E-state index is 12.5. The van der Waals surface area contributed by atoms with Crippen molar-refractivity contribution in [3.63, 3.8) is 0 Å². The molecule has 38 heavy (non-hydrogen) atoms. The molecule has 1 aliphatic heterocycles.